The van der Waals surface area contributed by atoms with Gasteiger partial charge in [-0.25, -0.2) is 15.0 Å². The van der Waals surface area contributed by atoms with Crippen molar-refractivity contribution in [2.24, 2.45) is 0 Å². The second kappa shape index (κ2) is 15.0. The predicted molar refractivity (Wildman–Crippen MR) is 264 cm³/mol. The fraction of sp³-hybridized carbons (Fsp3) is 0.0500. The fourth-order valence-corrected chi connectivity index (χ4v) is 9.84. The first-order chi connectivity index (χ1) is 31.5. The summed E-state index contributed by atoms with van der Waals surface area (Å²) in [6, 6.07) is 77.9. The first-order valence-electron chi connectivity index (χ1n) is 21.9. The maximum Gasteiger partial charge on any atom is 0.164 e. The highest BCUT2D eigenvalue weighted by molar-refractivity contribution is 6.12. The van der Waals surface area contributed by atoms with Gasteiger partial charge >= 0.3 is 0 Å². The number of aromatic nitrogens is 4. The van der Waals surface area contributed by atoms with Gasteiger partial charge in [-0.2, -0.15) is 0 Å². The molecule has 11 aromatic rings. The van der Waals surface area contributed by atoms with E-state index < -0.39 is 0 Å². The van der Waals surface area contributed by atoms with Crippen LogP contribution in [0.4, 0.5) is 0 Å². The summed E-state index contributed by atoms with van der Waals surface area (Å²) in [6.07, 6.45) is 0. The summed E-state index contributed by atoms with van der Waals surface area (Å²) in [6.45, 7) is 4.71. The summed E-state index contributed by atoms with van der Waals surface area (Å²) < 4.78 is 2.46. The maximum absolute atomic E-state index is 5.32. The lowest BCUT2D eigenvalue weighted by Gasteiger charge is -2.22. The van der Waals surface area contributed by atoms with Crippen molar-refractivity contribution < 1.29 is 0 Å². The van der Waals surface area contributed by atoms with E-state index in [4.69, 9.17) is 15.0 Å². The van der Waals surface area contributed by atoms with E-state index in [1.807, 2.05) is 12.1 Å². The van der Waals surface area contributed by atoms with Crippen LogP contribution in [0.3, 0.4) is 0 Å². The molecule has 64 heavy (non-hydrogen) atoms. The van der Waals surface area contributed by atoms with Crippen molar-refractivity contribution in [2.75, 3.05) is 0 Å². The van der Waals surface area contributed by atoms with E-state index in [1.165, 1.54) is 38.5 Å². The lowest BCUT2D eigenvalue weighted by molar-refractivity contribution is 0.661. The molecule has 2 aromatic heterocycles. The van der Waals surface area contributed by atoms with Crippen molar-refractivity contribution in [3.05, 3.63) is 230 Å². The molecule has 1 aliphatic carbocycles. The third-order valence-corrected chi connectivity index (χ3v) is 13.0. The zero-order valence-corrected chi connectivity index (χ0v) is 35.6. The molecule has 4 nitrogen and oxygen atoms in total. The number of rotatable bonds is 7. The highest BCUT2D eigenvalue weighted by Gasteiger charge is 2.36. The van der Waals surface area contributed by atoms with Crippen LogP contribution in [0.1, 0.15) is 25.0 Å². The molecule has 0 bridgehead atoms. The van der Waals surface area contributed by atoms with Crippen LogP contribution >= 0.6 is 0 Å². The zero-order chi connectivity index (χ0) is 42.8. The van der Waals surface area contributed by atoms with E-state index in [9.17, 15) is 0 Å². The topological polar surface area (TPSA) is 43.6 Å². The summed E-state index contributed by atoms with van der Waals surface area (Å²) >= 11 is 0. The largest absolute Gasteiger partial charge is 0.309 e. The lowest BCUT2D eigenvalue weighted by atomic mass is 9.82. The Bertz CT molecular complexity index is 3470. The highest BCUT2D eigenvalue weighted by Crippen LogP contribution is 2.51. The molecule has 302 valence electrons. The van der Waals surface area contributed by atoms with Crippen LogP contribution in [0, 0.1) is 0 Å². The molecule has 0 saturated heterocycles. The van der Waals surface area contributed by atoms with Crippen LogP contribution in [0.2, 0.25) is 0 Å². The van der Waals surface area contributed by atoms with Crippen LogP contribution < -0.4 is 0 Å². The van der Waals surface area contributed by atoms with E-state index in [2.05, 4.69) is 225 Å². The van der Waals surface area contributed by atoms with Gasteiger partial charge in [0.15, 0.2) is 17.5 Å². The van der Waals surface area contributed by atoms with Gasteiger partial charge in [-0.3, -0.25) is 0 Å². The molecule has 0 spiro atoms. The Morgan fingerprint density at radius 1 is 0.312 bits per heavy atom. The Morgan fingerprint density at radius 3 is 1.44 bits per heavy atom. The van der Waals surface area contributed by atoms with Crippen molar-refractivity contribution in [1.82, 2.24) is 19.5 Å². The van der Waals surface area contributed by atoms with Gasteiger partial charge in [-0.15, -0.1) is 0 Å². The Hall–Kier alpha value is -8.21. The SMILES string of the molecule is CC1(C)c2ccccc2-c2cc3c4ccccc4n(-c4cc(-c5nc(-c6cccc(-c7ccccc7)c6)nc(-c6cccc(-c7ccccc7)c6)n5)ccc4-c4ccccc4)c3cc21. The first-order valence-corrected chi connectivity index (χ1v) is 21.9. The predicted octanol–water partition coefficient (Wildman–Crippen LogP) is 15.3. The third kappa shape index (κ3) is 6.26. The monoisotopic (exact) mass is 818 g/mol. The van der Waals surface area contributed by atoms with Gasteiger partial charge in [0.1, 0.15) is 0 Å². The van der Waals surface area contributed by atoms with Crippen LogP contribution in [-0.2, 0) is 5.41 Å². The van der Waals surface area contributed by atoms with Gasteiger partial charge in [0, 0.05) is 38.4 Å². The highest BCUT2D eigenvalue weighted by atomic mass is 15.0. The quantitative estimate of drug-likeness (QED) is 0.161. The van der Waals surface area contributed by atoms with Gasteiger partial charge < -0.3 is 4.57 Å². The molecule has 0 fully saturated rings. The van der Waals surface area contributed by atoms with Crippen molar-refractivity contribution in [3.8, 4) is 84.4 Å². The summed E-state index contributed by atoms with van der Waals surface area (Å²) in [7, 11) is 0. The number of fused-ring (bicyclic) bond motifs is 6. The average Bonchev–Trinajstić information content (AvgIpc) is 3.81. The van der Waals surface area contributed by atoms with E-state index >= 15 is 0 Å². The molecule has 0 amide bonds. The Labute approximate surface area is 372 Å². The number of para-hydroxylation sites is 1. The van der Waals surface area contributed by atoms with Gasteiger partial charge in [-0.1, -0.05) is 196 Å². The summed E-state index contributed by atoms with van der Waals surface area (Å²) in [5, 5.41) is 2.45. The lowest BCUT2D eigenvalue weighted by Crippen LogP contribution is -2.15. The normalized spacial score (nSPS) is 12.7. The van der Waals surface area contributed by atoms with Crippen molar-refractivity contribution in [1.29, 1.82) is 0 Å². The number of benzene rings is 9. The maximum atomic E-state index is 5.32. The first kappa shape index (κ1) is 37.5. The van der Waals surface area contributed by atoms with Gasteiger partial charge in [0.05, 0.1) is 16.7 Å². The second-order valence-corrected chi connectivity index (χ2v) is 17.2. The molecule has 0 radical (unpaired) electrons. The fourth-order valence-electron chi connectivity index (χ4n) is 9.84. The van der Waals surface area contributed by atoms with Crippen LogP contribution in [0.15, 0.2) is 218 Å². The summed E-state index contributed by atoms with van der Waals surface area (Å²) in [5.74, 6) is 1.84. The Morgan fingerprint density at radius 2 is 0.812 bits per heavy atom. The van der Waals surface area contributed by atoms with Crippen molar-refractivity contribution in [3.63, 3.8) is 0 Å². The molecule has 12 rings (SSSR count). The number of hydrogen-bond acceptors (Lipinski definition) is 3. The molecule has 9 aromatic carbocycles. The molecule has 0 saturated carbocycles. The zero-order valence-electron chi connectivity index (χ0n) is 35.6. The molecule has 0 atom stereocenters. The Balaban J connectivity index is 1.10. The smallest absolute Gasteiger partial charge is 0.164 e. The third-order valence-electron chi connectivity index (χ3n) is 13.0. The van der Waals surface area contributed by atoms with E-state index in [-0.39, 0.29) is 5.41 Å². The van der Waals surface area contributed by atoms with Crippen LogP contribution in [0.25, 0.3) is 106 Å². The van der Waals surface area contributed by atoms with E-state index in [0.717, 1.165) is 61.3 Å². The van der Waals surface area contributed by atoms with E-state index in [1.54, 1.807) is 0 Å². The van der Waals surface area contributed by atoms with Gasteiger partial charge in [0.2, 0.25) is 0 Å². The second-order valence-electron chi connectivity index (χ2n) is 17.2. The molecule has 4 heteroatoms. The summed E-state index contributed by atoms with van der Waals surface area (Å²) in [5.41, 5.74) is 18.0. The van der Waals surface area contributed by atoms with Crippen LogP contribution in [-0.4, -0.2) is 19.5 Å². The van der Waals surface area contributed by atoms with Gasteiger partial charge in [0.25, 0.3) is 0 Å². The number of hydrogen-bond donors (Lipinski definition) is 0. The Kier molecular flexibility index (Phi) is 8.80. The van der Waals surface area contributed by atoms with Crippen molar-refractivity contribution >= 4 is 21.8 Å². The molecule has 1 aliphatic rings. The van der Waals surface area contributed by atoms with E-state index in [0.29, 0.717) is 17.5 Å². The summed E-state index contributed by atoms with van der Waals surface area (Å²) in [4.78, 5) is 15.9. The average molecular weight is 819 g/mol. The van der Waals surface area contributed by atoms with Crippen molar-refractivity contribution in [2.45, 2.75) is 19.3 Å². The van der Waals surface area contributed by atoms with Gasteiger partial charge in [-0.05, 0) is 86.5 Å². The minimum atomic E-state index is -0.154. The molecule has 0 aliphatic heterocycles. The number of nitrogens with zero attached hydrogens (tertiary/aromatic N) is 4. The van der Waals surface area contributed by atoms with Crippen LogP contribution in [0.5, 0.6) is 0 Å². The standard InChI is InChI=1S/C60H42N4/c1-60(2)52-30-14-12-28-48(52)50-37-51-49-29-13-15-31-54(49)64(56(51)38-53(50)60)55-36-46(32-33-47(55)41-22-10-5-11-23-41)59-62-57(44-26-16-24-42(34-44)39-18-6-3-7-19-39)61-58(63-59)45-27-17-25-43(35-45)40-20-8-4-9-21-40/h3-38H,1-2H3. The minimum absolute atomic E-state index is 0.154. The molecule has 2 heterocycles. The molecular weight excluding hydrogens is 777 g/mol. The molecule has 0 unspecified atom stereocenters. The minimum Gasteiger partial charge on any atom is -0.309 e. The molecular formula is C60H42N4. The molecule has 0 N–H and O–H groups in total.